The van der Waals surface area contributed by atoms with Gasteiger partial charge in [0.15, 0.2) is 0 Å². The smallest absolute Gasteiger partial charge is 0.0573 e. The van der Waals surface area contributed by atoms with Gasteiger partial charge in [0.25, 0.3) is 0 Å². The van der Waals surface area contributed by atoms with Crippen LogP contribution in [0.3, 0.4) is 0 Å². The summed E-state index contributed by atoms with van der Waals surface area (Å²) in [6, 6.07) is 4.11. The lowest BCUT2D eigenvalue weighted by Crippen LogP contribution is -2.19. The zero-order chi connectivity index (χ0) is 10.8. The van der Waals surface area contributed by atoms with Crippen molar-refractivity contribution >= 4 is 0 Å². The van der Waals surface area contributed by atoms with Crippen LogP contribution in [0.4, 0.5) is 0 Å². The van der Waals surface area contributed by atoms with Crippen molar-refractivity contribution in [3.8, 4) is 0 Å². The maximum absolute atomic E-state index is 6.09. The van der Waals surface area contributed by atoms with Crippen molar-refractivity contribution in [3.63, 3.8) is 0 Å². The number of aromatic nitrogens is 1. The highest BCUT2D eigenvalue weighted by atomic mass is 14.8. The van der Waals surface area contributed by atoms with Crippen molar-refractivity contribution < 1.29 is 0 Å². The summed E-state index contributed by atoms with van der Waals surface area (Å²) in [5.41, 5.74) is 8.56. The third-order valence-corrected chi connectivity index (χ3v) is 2.15. The molecule has 2 N–H and O–H groups in total. The molecule has 0 radical (unpaired) electrons. The van der Waals surface area contributed by atoms with Gasteiger partial charge < -0.3 is 5.73 Å². The van der Waals surface area contributed by atoms with Crippen LogP contribution in [-0.4, -0.2) is 4.98 Å². The van der Waals surface area contributed by atoms with E-state index in [-0.39, 0.29) is 11.5 Å². The Morgan fingerprint density at radius 1 is 1.43 bits per heavy atom. The SMILES string of the molecule is Cc1ccnc(C(N)CC(C)(C)C)c1. The Hall–Kier alpha value is -0.890. The molecule has 1 unspecified atom stereocenters. The Labute approximate surface area is 86.5 Å². The Morgan fingerprint density at radius 2 is 2.07 bits per heavy atom. The van der Waals surface area contributed by atoms with Gasteiger partial charge in [-0.25, -0.2) is 0 Å². The van der Waals surface area contributed by atoms with E-state index in [1.54, 1.807) is 0 Å². The van der Waals surface area contributed by atoms with Crippen molar-refractivity contribution in [1.29, 1.82) is 0 Å². The first-order valence-electron chi connectivity index (χ1n) is 5.06. The van der Waals surface area contributed by atoms with Gasteiger partial charge >= 0.3 is 0 Å². The second kappa shape index (κ2) is 4.09. The normalized spacial score (nSPS) is 14.1. The summed E-state index contributed by atoms with van der Waals surface area (Å²) in [5.74, 6) is 0. The molecule has 2 heteroatoms. The van der Waals surface area contributed by atoms with Gasteiger partial charge in [0, 0.05) is 12.2 Å². The first kappa shape index (κ1) is 11.2. The lowest BCUT2D eigenvalue weighted by Gasteiger charge is -2.22. The minimum atomic E-state index is 0.0508. The summed E-state index contributed by atoms with van der Waals surface area (Å²) < 4.78 is 0. The van der Waals surface area contributed by atoms with Crippen LogP contribution in [0.1, 0.15) is 44.5 Å². The summed E-state index contributed by atoms with van der Waals surface area (Å²) in [6.07, 6.45) is 2.79. The highest BCUT2D eigenvalue weighted by Crippen LogP contribution is 2.26. The highest BCUT2D eigenvalue weighted by molar-refractivity contribution is 5.17. The molecule has 0 fully saturated rings. The summed E-state index contributed by atoms with van der Waals surface area (Å²) in [7, 11) is 0. The molecule has 0 amide bonds. The van der Waals surface area contributed by atoms with Crippen molar-refractivity contribution in [2.24, 2.45) is 11.1 Å². The molecule has 0 saturated carbocycles. The first-order chi connectivity index (χ1) is 6.38. The molecular weight excluding hydrogens is 172 g/mol. The summed E-state index contributed by atoms with van der Waals surface area (Å²) >= 11 is 0. The van der Waals surface area contributed by atoms with E-state index in [0.717, 1.165) is 12.1 Å². The monoisotopic (exact) mass is 192 g/mol. The van der Waals surface area contributed by atoms with Gasteiger partial charge in [-0.15, -0.1) is 0 Å². The zero-order valence-electron chi connectivity index (χ0n) is 9.54. The second-order valence-electron chi connectivity index (χ2n) is 5.13. The zero-order valence-corrected chi connectivity index (χ0v) is 9.54. The van der Waals surface area contributed by atoms with Gasteiger partial charge in [-0.3, -0.25) is 4.98 Å². The number of hydrogen-bond donors (Lipinski definition) is 1. The highest BCUT2D eigenvalue weighted by Gasteiger charge is 2.17. The van der Waals surface area contributed by atoms with Gasteiger partial charge in [0.05, 0.1) is 5.69 Å². The first-order valence-corrected chi connectivity index (χ1v) is 5.06. The molecule has 0 spiro atoms. The molecule has 1 rings (SSSR count). The molecule has 1 atom stereocenters. The maximum Gasteiger partial charge on any atom is 0.0573 e. The molecule has 0 saturated heterocycles. The Bertz CT molecular complexity index is 299. The third kappa shape index (κ3) is 3.46. The summed E-state index contributed by atoms with van der Waals surface area (Å²) in [6.45, 7) is 8.66. The van der Waals surface area contributed by atoms with Crippen molar-refractivity contribution in [2.45, 2.75) is 40.2 Å². The van der Waals surface area contributed by atoms with E-state index in [9.17, 15) is 0 Å². The second-order valence-corrected chi connectivity index (χ2v) is 5.13. The molecule has 1 heterocycles. The molecule has 1 aromatic rings. The molecule has 0 aromatic carbocycles. The van der Waals surface area contributed by atoms with Crippen molar-refractivity contribution in [3.05, 3.63) is 29.6 Å². The number of rotatable bonds is 2. The lowest BCUT2D eigenvalue weighted by molar-refractivity contribution is 0.340. The molecule has 0 bridgehead atoms. The van der Waals surface area contributed by atoms with Gasteiger partial charge in [-0.1, -0.05) is 20.8 Å². The molecule has 0 aliphatic rings. The van der Waals surface area contributed by atoms with Crippen LogP contribution in [0.15, 0.2) is 18.3 Å². The number of nitrogens with zero attached hydrogens (tertiary/aromatic N) is 1. The molecule has 0 aliphatic heterocycles. The summed E-state index contributed by atoms with van der Waals surface area (Å²) in [4.78, 5) is 4.30. The van der Waals surface area contributed by atoms with E-state index < -0.39 is 0 Å². The molecule has 0 aliphatic carbocycles. The van der Waals surface area contributed by atoms with Crippen molar-refractivity contribution in [1.82, 2.24) is 4.98 Å². The minimum absolute atomic E-state index is 0.0508. The predicted molar refractivity (Wildman–Crippen MR) is 60.0 cm³/mol. The van der Waals surface area contributed by atoms with E-state index >= 15 is 0 Å². The number of hydrogen-bond acceptors (Lipinski definition) is 2. The molecular formula is C12H20N2. The van der Waals surface area contributed by atoms with Crippen LogP contribution in [0.2, 0.25) is 0 Å². The van der Waals surface area contributed by atoms with Gasteiger partial charge in [-0.2, -0.15) is 0 Å². The van der Waals surface area contributed by atoms with Crippen LogP contribution in [0.5, 0.6) is 0 Å². The number of aryl methyl sites for hydroxylation is 1. The van der Waals surface area contributed by atoms with Crippen molar-refractivity contribution in [2.75, 3.05) is 0 Å². The average molecular weight is 192 g/mol. The van der Waals surface area contributed by atoms with Gasteiger partial charge in [0.2, 0.25) is 0 Å². The fourth-order valence-corrected chi connectivity index (χ4v) is 1.53. The standard InChI is InChI=1S/C12H20N2/c1-9-5-6-14-11(7-9)10(13)8-12(2,3)4/h5-7,10H,8,13H2,1-4H3. The van der Waals surface area contributed by atoms with E-state index in [2.05, 4.69) is 38.7 Å². The number of pyridine rings is 1. The lowest BCUT2D eigenvalue weighted by atomic mass is 9.87. The molecule has 78 valence electrons. The van der Waals surface area contributed by atoms with Gasteiger partial charge in [0.1, 0.15) is 0 Å². The quantitative estimate of drug-likeness (QED) is 0.782. The predicted octanol–water partition coefficient (Wildman–Crippen LogP) is 2.83. The van der Waals surface area contributed by atoms with Crippen LogP contribution in [0, 0.1) is 12.3 Å². The van der Waals surface area contributed by atoms with E-state index in [4.69, 9.17) is 5.73 Å². The molecule has 2 nitrogen and oxygen atoms in total. The van der Waals surface area contributed by atoms with E-state index in [0.29, 0.717) is 0 Å². The van der Waals surface area contributed by atoms with Crippen LogP contribution < -0.4 is 5.73 Å². The van der Waals surface area contributed by atoms with E-state index in [1.807, 2.05) is 12.3 Å². The summed E-state index contributed by atoms with van der Waals surface area (Å²) in [5, 5.41) is 0. The molecule has 1 aromatic heterocycles. The minimum Gasteiger partial charge on any atom is -0.323 e. The Balaban J connectivity index is 2.74. The topological polar surface area (TPSA) is 38.9 Å². The van der Waals surface area contributed by atoms with Gasteiger partial charge in [-0.05, 0) is 36.5 Å². The van der Waals surface area contributed by atoms with Crippen LogP contribution >= 0.6 is 0 Å². The average Bonchev–Trinajstić information content (AvgIpc) is 2.01. The van der Waals surface area contributed by atoms with Crippen LogP contribution in [0.25, 0.3) is 0 Å². The van der Waals surface area contributed by atoms with E-state index in [1.165, 1.54) is 5.56 Å². The third-order valence-electron chi connectivity index (χ3n) is 2.15. The Morgan fingerprint density at radius 3 is 2.57 bits per heavy atom. The fourth-order valence-electron chi connectivity index (χ4n) is 1.53. The Kier molecular flexibility index (Phi) is 3.27. The maximum atomic E-state index is 6.09. The number of nitrogens with two attached hydrogens (primary N) is 1. The fraction of sp³-hybridized carbons (Fsp3) is 0.583. The largest absolute Gasteiger partial charge is 0.323 e. The van der Waals surface area contributed by atoms with Crippen LogP contribution in [-0.2, 0) is 0 Å². The molecule has 14 heavy (non-hydrogen) atoms.